The Kier molecular flexibility index (Phi) is 6.44. The topological polar surface area (TPSA) is 98.2 Å². The standard InChI is InChI=1S/C20H17BrClN3O4S/c1-11-6-4-7-12(2)15(11)17-16(21)18(22)24-20(23-17)25-30(27,28)14-9-5-8-13(10-14)19(26)29-3/h4-10H,1-3H3,(H,23,24,25). The number of anilines is 1. The second kappa shape index (κ2) is 8.71. The van der Waals surface area contributed by atoms with E-state index in [0.29, 0.717) is 10.2 Å². The molecule has 0 amide bonds. The van der Waals surface area contributed by atoms with E-state index in [1.54, 1.807) is 0 Å². The molecule has 0 spiro atoms. The first kappa shape index (κ1) is 22.2. The fourth-order valence-corrected chi connectivity index (χ4v) is 4.44. The number of aromatic nitrogens is 2. The first-order chi connectivity index (χ1) is 14.1. The van der Waals surface area contributed by atoms with E-state index in [1.807, 2.05) is 32.0 Å². The van der Waals surface area contributed by atoms with Crippen molar-refractivity contribution in [3.05, 3.63) is 68.8 Å². The number of halogens is 2. The summed E-state index contributed by atoms with van der Waals surface area (Å²) < 4.78 is 33.1. The largest absolute Gasteiger partial charge is 0.465 e. The number of benzene rings is 2. The van der Waals surface area contributed by atoms with Crippen LogP contribution in [0.25, 0.3) is 11.3 Å². The van der Waals surface area contributed by atoms with Gasteiger partial charge in [-0.1, -0.05) is 35.9 Å². The van der Waals surface area contributed by atoms with Crippen LogP contribution in [0.15, 0.2) is 51.8 Å². The van der Waals surface area contributed by atoms with Crippen LogP contribution in [0.1, 0.15) is 21.5 Å². The lowest BCUT2D eigenvalue weighted by atomic mass is 10.00. The molecule has 0 bridgehead atoms. The van der Waals surface area contributed by atoms with Crippen molar-refractivity contribution >= 4 is 49.5 Å². The molecule has 0 fully saturated rings. The Morgan fingerprint density at radius 3 is 2.37 bits per heavy atom. The molecule has 1 aromatic heterocycles. The Labute approximate surface area is 187 Å². The molecule has 0 aliphatic heterocycles. The summed E-state index contributed by atoms with van der Waals surface area (Å²) in [6.45, 7) is 3.85. The molecule has 7 nitrogen and oxygen atoms in total. The molecule has 3 aromatic rings. The molecular formula is C20H17BrClN3O4S. The summed E-state index contributed by atoms with van der Waals surface area (Å²) in [7, 11) is -2.87. The fourth-order valence-electron chi connectivity index (χ4n) is 2.91. The lowest BCUT2D eigenvalue weighted by Crippen LogP contribution is -2.16. The molecule has 3 rings (SSSR count). The van der Waals surface area contributed by atoms with Crippen molar-refractivity contribution in [2.45, 2.75) is 18.7 Å². The number of sulfonamides is 1. The number of carbonyl (C=O) groups excluding carboxylic acids is 1. The van der Waals surface area contributed by atoms with Gasteiger partial charge in [0.15, 0.2) is 0 Å². The van der Waals surface area contributed by atoms with E-state index in [-0.39, 0.29) is 21.6 Å². The van der Waals surface area contributed by atoms with Crippen molar-refractivity contribution in [2.75, 3.05) is 11.8 Å². The summed E-state index contributed by atoms with van der Waals surface area (Å²) in [5, 5.41) is 0.0589. The summed E-state index contributed by atoms with van der Waals surface area (Å²) in [6, 6.07) is 11.2. The predicted octanol–water partition coefficient (Wildman–Crippen LogP) is 4.76. The summed E-state index contributed by atoms with van der Waals surface area (Å²) in [6.07, 6.45) is 0. The van der Waals surface area contributed by atoms with Crippen molar-refractivity contribution in [1.82, 2.24) is 9.97 Å². The highest BCUT2D eigenvalue weighted by atomic mass is 79.9. The van der Waals surface area contributed by atoms with Crippen molar-refractivity contribution < 1.29 is 17.9 Å². The van der Waals surface area contributed by atoms with Gasteiger partial charge in [-0.25, -0.2) is 22.9 Å². The van der Waals surface area contributed by atoms with Crippen LogP contribution in [0.5, 0.6) is 0 Å². The third-order valence-electron chi connectivity index (χ3n) is 4.32. The first-order valence-corrected chi connectivity index (χ1v) is 11.3. The van der Waals surface area contributed by atoms with E-state index < -0.39 is 16.0 Å². The van der Waals surface area contributed by atoms with Gasteiger partial charge in [0.1, 0.15) is 5.15 Å². The molecule has 0 radical (unpaired) electrons. The summed E-state index contributed by atoms with van der Waals surface area (Å²) in [4.78, 5) is 20.0. The minimum Gasteiger partial charge on any atom is -0.465 e. The van der Waals surface area contributed by atoms with E-state index in [2.05, 4.69) is 35.4 Å². The van der Waals surface area contributed by atoms with Crippen LogP contribution in [0.3, 0.4) is 0 Å². The van der Waals surface area contributed by atoms with Crippen molar-refractivity contribution in [2.24, 2.45) is 0 Å². The van der Waals surface area contributed by atoms with E-state index in [9.17, 15) is 13.2 Å². The molecular weight excluding hydrogens is 494 g/mol. The van der Waals surface area contributed by atoms with Crippen molar-refractivity contribution in [3.63, 3.8) is 0 Å². The SMILES string of the molecule is COC(=O)c1cccc(S(=O)(=O)Nc2nc(Cl)c(Br)c(-c3c(C)cccc3C)n2)c1. The monoisotopic (exact) mass is 509 g/mol. The number of esters is 1. The highest BCUT2D eigenvalue weighted by Crippen LogP contribution is 2.36. The molecule has 0 saturated heterocycles. The van der Waals surface area contributed by atoms with Gasteiger partial charge >= 0.3 is 5.97 Å². The molecule has 0 aliphatic carbocycles. The van der Waals surface area contributed by atoms with Gasteiger partial charge in [0.25, 0.3) is 10.0 Å². The van der Waals surface area contributed by atoms with Crippen molar-refractivity contribution in [1.29, 1.82) is 0 Å². The van der Waals surface area contributed by atoms with Gasteiger partial charge in [-0.05, 0) is 59.1 Å². The van der Waals surface area contributed by atoms with Crippen LogP contribution in [-0.4, -0.2) is 31.5 Å². The average Bonchev–Trinajstić information content (AvgIpc) is 2.70. The van der Waals surface area contributed by atoms with E-state index in [0.717, 1.165) is 16.7 Å². The zero-order valence-electron chi connectivity index (χ0n) is 16.2. The van der Waals surface area contributed by atoms with Crippen LogP contribution >= 0.6 is 27.5 Å². The van der Waals surface area contributed by atoms with Crippen LogP contribution in [0.2, 0.25) is 5.15 Å². The molecule has 1 heterocycles. The van der Waals surface area contributed by atoms with E-state index in [1.165, 1.54) is 31.4 Å². The Balaban J connectivity index is 2.06. The molecule has 0 unspecified atom stereocenters. The smallest absolute Gasteiger partial charge is 0.337 e. The third kappa shape index (κ3) is 4.48. The minimum absolute atomic E-state index is 0.0589. The maximum atomic E-state index is 12.8. The third-order valence-corrected chi connectivity index (χ3v) is 6.90. The van der Waals surface area contributed by atoms with Gasteiger partial charge in [-0.2, -0.15) is 4.98 Å². The van der Waals surface area contributed by atoms with Gasteiger partial charge in [-0.3, -0.25) is 0 Å². The zero-order chi connectivity index (χ0) is 22.1. The molecule has 156 valence electrons. The van der Waals surface area contributed by atoms with Crippen molar-refractivity contribution in [3.8, 4) is 11.3 Å². The number of aryl methyl sites for hydroxylation is 2. The summed E-state index contributed by atoms with van der Waals surface area (Å²) >= 11 is 9.63. The van der Waals surface area contributed by atoms with Gasteiger partial charge in [-0.15, -0.1) is 0 Å². The quantitative estimate of drug-likeness (QED) is 0.392. The number of ether oxygens (including phenoxy) is 1. The number of hydrogen-bond donors (Lipinski definition) is 1. The summed E-state index contributed by atoms with van der Waals surface area (Å²) in [5.41, 5.74) is 3.29. The number of methoxy groups -OCH3 is 1. The molecule has 30 heavy (non-hydrogen) atoms. The first-order valence-electron chi connectivity index (χ1n) is 8.65. The Hall–Kier alpha value is -2.49. The van der Waals surface area contributed by atoms with E-state index >= 15 is 0 Å². The molecule has 10 heteroatoms. The number of hydrogen-bond acceptors (Lipinski definition) is 6. The van der Waals surface area contributed by atoms with Crippen LogP contribution < -0.4 is 4.72 Å². The van der Waals surface area contributed by atoms with Crippen LogP contribution in [0, 0.1) is 13.8 Å². The van der Waals surface area contributed by atoms with Crippen LogP contribution in [-0.2, 0) is 14.8 Å². The Morgan fingerprint density at radius 2 is 1.73 bits per heavy atom. The number of nitrogens with zero attached hydrogens (tertiary/aromatic N) is 2. The van der Waals surface area contributed by atoms with Gasteiger partial charge < -0.3 is 4.74 Å². The lowest BCUT2D eigenvalue weighted by Gasteiger charge is -2.14. The lowest BCUT2D eigenvalue weighted by molar-refractivity contribution is 0.0600. The zero-order valence-corrected chi connectivity index (χ0v) is 19.4. The van der Waals surface area contributed by atoms with Crippen LogP contribution in [0.4, 0.5) is 5.95 Å². The molecule has 1 N–H and O–H groups in total. The maximum Gasteiger partial charge on any atom is 0.337 e. The van der Waals surface area contributed by atoms with Gasteiger partial charge in [0.2, 0.25) is 5.95 Å². The second-order valence-electron chi connectivity index (χ2n) is 6.39. The fraction of sp³-hybridized carbons (Fsp3) is 0.150. The number of nitrogens with one attached hydrogen (secondary N) is 1. The predicted molar refractivity (Wildman–Crippen MR) is 118 cm³/mol. The second-order valence-corrected chi connectivity index (χ2v) is 9.23. The van der Waals surface area contributed by atoms with E-state index in [4.69, 9.17) is 11.6 Å². The normalized spacial score (nSPS) is 11.2. The highest BCUT2D eigenvalue weighted by Gasteiger charge is 2.21. The molecule has 0 atom stereocenters. The number of rotatable bonds is 5. The highest BCUT2D eigenvalue weighted by molar-refractivity contribution is 9.10. The summed E-state index contributed by atoms with van der Waals surface area (Å²) in [5.74, 6) is -0.836. The molecule has 2 aromatic carbocycles. The Morgan fingerprint density at radius 1 is 1.10 bits per heavy atom. The minimum atomic E-state index is -4.08. The Bertz CT molecular complexity index is 1230. The number of carbonyl (C=O) groups is 1. The maximum absolute atomic E-state index is 12.8. The average molecular weight is 511 g/mol. The molecule has 0 saturated carbocycles. The van der Waals surface area contributed by atoms with Gasteiger partial charge in [0.05, 0.1) is 27.7 Å². The molecule has 0 aliphatic rings. The van der Waals surface area contributed by atoms with Gasteiger partial charge in [0, 0.05) is 5.56 Å².